The second-order valence-corrected chi connectivity index (χ2v) is 4.05. The van der Waals surface area contributed by atoms with Crippen LogP contribution in [0.4, 0.5) is 0 Å². The highest BCUT2D eigenvalue weighted by molar-refractivity contribution is 5.88. The summed E-state index contributed by atoms with van der Waals surface area (Å²) < 4.78 is 5.44. The Morgan fingerprint density at radius 3 is 2.78 bits per heavy atom. The Hall–Kier alpha value is -2.07. The Morgan fingerprint density at radius 1 is 1.28 bits per heavy atom. The van der Waals surface area contributed by atoms with E-state index in [0.29, 0.717) is 12.3 Å². The van der Waals surface area contributed by atoms with Gasteiger partial charge in [0.1, 0.15) is 5.75 Å². The molecule has 0 bridgehead atoms. The minimum absolute atomic E-state index is 0.102. The molecular weight excluding hydrogens is 228 g/mol. The second kappa shape index (κ2) is 5.51. The molecule has 2 rings (SSSR count). The maximum atomic E-state index is 10.8. The van der Waals surface area contributed by atoms with Gasteiger partial charge >= 0.3 is 0 Å². The molecule has 3 N–H and O–H groups in total. The average molecular weight is 244 g/mol. The molecule has 2 aromatic rings. The monoisotopic (exact) mass is 244 g/mol. The van der Waals surface area contributed by atoms with Crippen molar-refractivity contribution in [2.75, 3.05) is 13.7 Å². The maximum absolute atomic E-state index is 10.8. The van der Waals surface area contributed by atoms with Gasteiger partial charge in [-0.3, -0.25) is 4.79 Å². The second-order valence-electron chi connectivity index (χ2n) is 4.05. The fourth-order valence-electron chi connectivity index (χ4n) is 1.96. The Kier molecular flexibility index (Phi) is 3.79. The fourth-order valence-corrected chi connectivity index (χ4v) is 1.96. The molecule has 0 heterocycles. The molecular formula is C14H16N2O2. The molecule has 0 aliphatic heterocycles. The summed E-state index contributed by atoms with van der Waals surface area (Å²) in [5.74, 6) is 0.223. The zero-order valence-corrected chi connectivity index (χ0v) is 10.3. The highest BCUT2D eigenvalue weighted by Gasteiger charge is 2.08. The summed E-state index contributed by atoms with van der Waals surface area (Å²) in [5, 5.41) is 5.37. The SMILES string of the molecule is CNCc1c(OCC(N)=O)ccc2ccccc12. The molecule has 0 aliphatic carbocycles. The van der Waals surface area contributed by atoms with E-state index in [0.717, 1.165) is 16.3 Å². The molecule has 0 aliphatic rings. The van der Waals surface area contributed by atoms with Crippen molar-refractivity contribution in [2.24, 2.45) is 5.73 Å². The van der Waals surface area contributed by atoms with Crippen molar-refractivity contribution in [3.05, 3.63) is 42.0 Å². The summed E-state index contributed by atoms with van der Waals surface area (Å²) in [4.78, 5) is 10.8. The van der Waals surface area contributed by atoms with Gasteiger partial charge in [0, 0.05) is 12.1 Å². The summed E-state index contributed by atoms with van der Waals surface area (Å²) in [6, 6.07) is 11.9. The van der Waals surface area contributed by atoms with Crippen LogP contribution in [0, 0.1) is 0 Å². The first-order chi connectivity index (χ1) is 8.72. The van der Waals surface area contributed by atoms with Crippen LogP contribution in [0.2, 0.25) is 0 Å². The van der Waals surface area contributed by atoms with Crippen LogP contribution in [0.15, 0.2) is 36.4 Å². The number of hydrogen-bond acceptors (Lipinski definition) is 3. The maximum Gasteiger partial charge on any atom is 0.255 e. The lowest BCUT2D eigenvalue weighted by Gasteiger charge is -2.13. The van der Waals surface area contributed by atoms with E-state index in [2.05, 4.69) is 5.32 Å². The molecule has 0 atom stereocenters. The normalized spacial score (nSPS) is 10.5. The minimum atomic E-state index is -0.474. The number of fused-ring (bicyclic) bond motifs is 1. The first-order valence-electron chi connectivity index (χ1n) is 5.78. The zero-order chi connectivity index (χ0) is 13.0. The van der Waals surface area contributed by atoms with Crippen LogP contribution in [-0.2, 0) is 11.3 Å². The van der Waals surface area contributed by atoms with Crippen molar-refractivity contribution < 1.29 is 9.53 Å². The van der Waals surface area contributed by atoms with Crippen LogP contribution in [-0.4, -0.2) is 19.6 Å². The molecule has 0 saturated carbocycles. The summed E-state index contributed by atoms with van der Waals surface area (Å²) in [6.45, 7) is 0.574. The van der Waals surface area contributed by atoms with Crippen LogP contribution in [0.1, 0.15) is 5.56 Å². The third kappa shape index (κ3) is 2.60. The van der Waals surface area contributed by atoms with Crippen LogP contribution in [0.3, 0.4) is 0 Å². The van der Waals surface area contributed by atoms with Gasteiger partial charge in [0.2, 0.25) is 0 Å². The van der Waals surface area contributed by atoms with Gasteiger partial charge in [-0.2, -0.15) is 0 Å². The van der Waals surface area contributed by atoms with Crippen molar-refractivity contribution in [1.29, 1.82) is 0 Å². The average Bonchev–Trinajstić information content (AvgIpc) is 2.38. The third-order valence-corrected chi connectivity index (χ3v) is 2.72. The van der Waals surface area contributed by atoms with Gasteiger partial charge in [-0.25, -0.2) is 0 Å². The lowest BCUT2D eigenvalue weighted by Crippen LogP contribution is -2.21. The van der Waals surface area contributed by atoms with Gasteiger partial charge < -0.3 is 15.8 Å². The van der Waals surface area contributed by atoms with Gasteiger partial charge in [0.05, 0.1) is 0 Å². The smallest absolute Gasteiger partial charge is 0.255 e. The number of primary amides is 1. The van der Waals surface area contributed by atoms with Gasteiger partial charge in [-0.15, -0.1) is 0 Å². The summed E-state index contributed by atoms with van der Waals surface area (Å²) in [5.41, 5.74) is 6.14. The minimum Gasteiger partial charge on any atom is -0.483 e. The zero-order valence-electron chi connectivity index (χ0n) is 10.3. The van der Waals surface area contributed by atoms with E-state index in [9.17, 15) is 4.79 Å². The third-order valence-electron chi connectivity index (χ3n) is 2.72. The van der Waals surface area contributed by atoms with Gasteiger partial charge in [-0.05, 0) is 23.9 Å². The molecule has 2 aromatic carbocycles. The fraction of sp³-hybridized carbons (Fsp3) is 0.214. The highest BCUT2D eigenvalue weighted by atomic mass is 16.5. The molecule has 0 fully saturated rings. The predicted molar refractivity (Wildman–Crippen MR) is 71.4 cm³/mol. The Morgan fingerprint density at radius 2 is 2.06 bits per heavy atom. The van der Waals surface area contributed by atoms with Crippen molar-refractivity contribution in [1.82, 2.24) is 5.32 Å². The van der Waals surface area contributed by atoms with Crippen LogP contribution in [0.5, 0.6) is 5.75 Å². The van der Waals surface area contributed by atoms with E-state index < -0.39 is 5.91 Å². The van der Waals surface area contributed by atoms with E-state index >= 15 is 0 Å². The molecule has 0 unspecified atom stereocenters. The number of benzene rings is 2. The summed E-state index contributed by atoms with van der Waals surface area (Å²) in [6.07, 6.45) is 0. The Balaban J connectivity index is 2.44. The lowest BCUT2D eigenvalue weighted by molar-refractivity contribution is -0.119. The van der Waals surface area contributed by atoms with Crippen LogP contribution >= 0.6 is 0 Å². The summed E-state index contributed by atoms with van der Waals surface area (Å²) in [7, 11) is 1.87. The first kappa shape index (κ1) is 12.4. The van der Waals surface area contributed by atoms with E-state index in [1.165, 1.54) is 0 Å². The summed E-state index contributed by atoms with van der Waals surface area (Å²) >= 11 is 0. The Bertz CT molecular complexity index is 567. The molecule has 1 amide bonds. The predicted octanol–water partition coefficient (Wildman–Crippen LogP) is 1.42. The number of amides is 1. The van der Waals surface area contributed by atoms with Crippen molar-refractivity contribution >= 4 is 16.7 Å². The molecule has 0 saturated heterocycles. The number of nitrogens with one attached hydrogen (secondary N) is 1. The molecule has 0 radical (unpaired) electrons. The van der Waals surface area contributed by atoms with E-state index in [1.54, 1.807) is 0 Å². The Labute approximate surface area is 106 Å². The van der Waals surface area contributed by atoms with Crippen LogP contribution < -0.4 is 15.8 Å². The molecule has 4 heteroatoms. The number of hydrogen-bond donors (Lipinski definition) is 2. The first-order valence-corrected chi connectivity index (χ1v) is 5.78. The van der Waals surface area contributed by atoms with E-state index in [4.69, 9.17) is 10.5 Å². The van der Waals surface area contributed by atoms with Crippen LogP contribution in [0.25, 0.3) is 10.8 Å². The van der Waals surface area contributed by atoms with Gasteiger partial charge in [0.15, 0.2) is 6.61 Å². The van der Waals surface area contributed by atoms with Crippen molar-refractivity contribution in [2.45, 2.75) is 6.54 Å². The number of carbonyl (C=O) groups excluding carboxylic acids is 1. The van der Waals surface area contributed by atoms with Gasteiger partial charge in [-0.1, -0.05) is 30.3 Å². The van der Waals surface area contributed by atoms with Crippen molar-refractivity contribution in [3.63, 3.8) is 0 Å². The van der Waals surface area contributed by atoms with Crippen molar-refractivity contribution in [3.8, 4) is 5.75 Å². The molecule has 94 valence electrons. The highest BCUT2D eigenvalue weighted by Crippen LogP contribution is 2.27. The molecule has 0 spiro atoms. The lowest BCUT2D eigenvalue weighted by atomic mass is 10.0. The number of ether oxygens (including phenoxy) is 1. The standard InChI is InChI=1S/C14H16N2O2/c1-16-8-12-11-5-3-2-4-10(11)6-7-13(12)18-9-14(15)17/h2-7,16H,8-9H2,1H3,(H2,15,17). The topological polar surface area (TPSA) is 64.3 Å². The van der Waals surface area contributed by atoms with Gasteiger partial charge in [0.25, 0.3) is 5.91 Å². The number of carbonyl (C=O) groups is 1. The number of rotatable bonds is 5. The quantitative estimate of drug-likeness (QED) is 0.836. The molecule has 0 aromatic heterocycles. The molecule has 18 heavy (non-hydrogen) atoms. The molecule has 4 nitrogen and oxygen atoms in total. The largest absolute Gasteiger partial charge is 0.483 e. The van der Waals surface area contributed by atoms with E-state index in [1.807, 2.05) is 43.4 Å². The number of nitrogens with two attached hydrogens (primary N) is 1. The van der Waals surface area contributed by atoms with E-state index in [-0.39, 0.29) is 6.61 Å².